The van der Waals surface area contributed by atoms with E-state index in [0.717, 1.165) is 6.42 Å². The molecule has 1 saturated heterocycles. The van der Waals surface area contributed by atoms with E-state index in [1.54, 1.807) is 29.2 Å². The number of carbonyl (C=O) groups excluding carboxylic acids is 3. The van der Waals surface area contributed by atoms with E-state index in [1.165, 1.54) is 0 Å². The zero-order chi connectivity index (χ0) is 22.1. The molecule has 30 heavy (non-hydrogen) atoms. The minimum absolute atomic E-state index is 0.000371. The van der Waals surface area contributed by atoms with Crippen molar-refractivity contribution in [2.75, 3.05) is 31.6 Å². The molecule has 0 radical (unpaired) electrons. The second kappa shape index (κ2) is 11.0. The monoisotopic (exact) mass is 420 g/mol. The lowest BCUT2D eigenvalue weighted by Crippen LogP contribution is -2.43. The van der Waals surface area contributed by atoms with Gasteiger partial charge in [-0.3, -0.25) is 4.79 Å². The molecule has 8 nitrogen and oxygen atoms in total. The van der Waals surface area contributed by atoms with Crippen molar-refractivity contribution in [3.8, 4) is 0 Å². The van der Waals surface area contributed by atoms with Crippen LogP contribution in [0.1, 0.15) is 57.3 Å². The Morgan fingerprint density at radius 3 is 2.30 bits per heavy atom. The maximum Gasteiger partial charge on any atom is 0.410 e. The van der Waals surface area contributed by atoms with Crippen LogP contribution in [0.3, 0.4) is 0 Å². The first-order valence-electron chi connectivity index (χ1n) is 10.3. The van der Waals surface area contributed by atoms with E-state index in [-0.39, 0.29) is 24.7 Å². The van der Waals surface area contributed by atoms with Crippen LogP contribution < -0.4 is 5.32 Å². The van der Waals surface area contributed by atoms with Gasteiger partial charge in [-0.15, -0.1) is 0 Å². The third kappa shape index (κ3) is 8.02. The molecule has 2 rings (SSSR count). The number of hydrogen-bond acceptors (Lipinski definition) is 6. The Balaban J connectivity index is 1.77. The summed E-state index contributed by atoms with van der Waals surface area (Å²) in [6, 6.07) is 6.53. The highest BCUT2D eigenvalue weighted by molar-refractivity contribution is 5.93. The second-order valence-electron chi connectivity index (χ2n) is 8.25. The number of anilines is 1. The number of hydrogen-bond donors (Lipinski definition) is 1. The average Bonchev–Trinajstić information content (AvgIpc) is 2.68. The van der Waals surface area contributed by atoms with E-state index < -0.39 is 11.6 Å². The number of rotatable bonds is 7. The van der Waals surface area contributed by atoms with Gasteiger partial charge >= 0.3 is 12.1 Å². The summed E-state index contributed by atoms with van der Waals surface area (Å²) in [6.45, 7) is 8.97. The van der Waals surface area contributed by atoms with Gasteiger partial charge in [0.05, 0.1) is 5.56 Å². The number of amides is 2. The predicted octanol–water partition coefficient (Wildman–Crippen LogP) is 3.61. The highest BCUT2D eigenvalue weighted by Crippen LogP contribution is 2.19. The molecule has 1 N–H and O–H groups in total. The van der Waals surface area contributed by atoms with E-state index in [0.29, 0.717) is 43.8 Å². The Morgan fingerprint density at radius 1 is 1.10 bits per heavy atom. The molecule has 0 unspecified atom stereocenters. The lowest BCUT2D eigenvalue weighted by atomic mass is 10.1. The van der Waals surface area contributed by atoms with E-state index in [9.17, 15) is 14.4 Å². The predicted molar refractivity (Wildman–Crippen MR) is 112 cm³/mol. The molecule has 1 aromatic carbocycles. The van der Waals surface area contributed by atoms with Gasteiger partial charge in [-0.25, -0.2) is 9.59 Å². The molecule has 0 aliphatic carbocycles. The highest BCUT2D eigenvalue weighted by Gasteiger charge is 2.28. The lowest BCUT2D eigenvalue weighted by molar-refractivity contribution is -0.120. The molecule has 1 heterocycles. The van der Waals surface area contributed by atoms with Gasteiger partial charge in [0.2, 0.25) is 5.91 Å². The summed E-state index contributed by atoms with van der Waals surface area (Å²) in [6.07, 6.45) is 1.40. The van der Waals surface area contributed by atoms with Crippen molar-refractivity contribution in [1.82, 2.24) is 4.90 Å². The fourth-order valence-corrected chi connectivity index (χ4v) is 2.90. The molecule has 0 saturated carbocycles. The van der Waals surface area contributed by atoms with Gasteiger partial charge in [-0.05, 0) is 51.5 Å². The molecule has 2 amide bonds. The number of nitrogens with one attached hydrogen (secondary N) is 1. The number of piperidine rings is 1. The quantitative estimate of drug-likeness (QED) is 0.535. The van der Waals surface area contributed by atoms with E-state index in [4.69, 9.17) is 14.2 Å². The summed E-state index contributed by atoms with van der Waals surface area (Å²) in [4.78, 5) is 37.9. The van der Waals surface area contributed by atoms with Crippen LogP contribution in [-0.2, 0) is 19.0 Å². The Bertz CT molecular complexity index is 718. The van der Waals surface area contributed by atoms with Crippen LogP contribution >= 0.6 is 0 Å². The Hall–Kier alpha value is -2.61. The fourth-order valence-electron chi connectivity index (χ4n) is 2.90. The summed E-state index contributed by atoms with van der Waals surface area (Å²) in [5, 5.41) is 2.71. The Morgan fingerprint density at radius 2 is 1.73 bits per heavy atom. The molecule has 0 atom stereocenters. The zero-order valence-electron chi connectivity index (χ0n) is 18.2. The van der Waals surface area contributed by atoms with Gasteiger partial charge in [0, 0.05) is 38.2 Å². The van der Waals surface area contributed by atoms with Crippen molar-refractivity contribution in [3.63, 3.8) is 0 Å². The van der Waals surface area contributed by atoms with Crippen molar-refractivity contribution in [2.45, 2.75) is 58.7 Å². The number of benzene rings is 1. The van der Waals surface area contributed by atoms with Crippen molar-refractivity contribution in [2.24, 2.45) is 0 Å². The second-order valence-corrected chi connectivity index (χ2v) is 8.25. The van der Waals surface area contributed by atoms with Crippen LogP contribution in [0.4, 0.5) is 10.5 Å². The van der Waals surface area contributed by atoms with Crippen LogP contribution in [0.2, 0.25) is 0 Å². The molecular formula is C22H32N2O6. The van der Waals surface area contributed by atoms with Crippen molar-refractivity contribution >= 4 is 23.7 Å². The fraction of sp³-hybridized carbons (Fsp3) is 0.591. The van der Waals surface area contributed by atoms with Gasteiger partial charge in [-0.1, -0.05) is 6.92 Å². The normalized spacial score (nSPS) is 14.9. The van der Waals surface area contributed by atoms with Crippen molar-refractivity contribution in [3.05, 3.63) is 29.8 Å². The van der Waals surface area contributed by atoms with Gasteiger partial charge < -0.3 is 24.4 Å². The topological polar surface area (TPSA) is 94.2 Å². The van der Waals surface area contributed by atoms with Crippen LogP contribution in [0.25, 0.3) is 0 Å². The lowest BCUT2D eigenvalue weighted by Gasteiger charge is -2.33. The largest absolute Gasteiger partial charge is 0.459 e. The molecule has 1 aromatic rings. The molecule has 0 spiro atoms. The number of nitrogens with zero attached hydrogens (tertiary/aromatic N) is 1. The number of carbonyl (C=O) groups is 3. The van der Waals surface area contributed by atoms with Crippen molar-refractivity contribution < 1.29 is 28.6 Å². The highest BCUT2D eigenvalue weighted by atomic mass is 16.6. The number of likely N-dealkylation sites (tertiary alicyclic amines) is 1. The molecule has 0 bridgehead atoms. The van der Waals surface area contributed by atoms with Crippen LogP contribution in [0.15, 0.2) is 24.3 Å². The molecule has 166 valence electrons. The SMILES string of the molecule is CCCOCC(=O)Nc1ccc(C(=O)OC2CCN(C(=O)OC(C)(C)C)CC2)cc1. The number of esters is 1. The molecule has 1 aliphatic heterocycles. The van der Waals surface area contributed by atoms with Gasteiger partial charge in [0.15, 0.2) is 0 Å². The Labute approximate surface area is 177 Å². The molecule has 0 aromatic heterocycles. The smallest absolute Gasteiger partial charge is 0.410 e. The molecule has 1 fully saturated rings. The first-order valence-corrected chi connectivity index (χ1v) is 10.3. The van der Waals surface area contributed by atoms with Gasteiger partial charge in [0.25, 0.3) is 0 Å². The summed E-state index contributed by atoms with van der Waals surface area (Å²) in [5.74, 6) is -0.662. The third-order valence-corrected chi connectivity index (χ3v) is 4.35. The first-order chi connectivity index (χ1) is 14.2. The average molecular weight is 421 g/mol. The minimum atomic E-state index is -0.533. The summed E-state index contributed by atoms with van der Waals surface area (Å²) in [5.41, 5.74) is 0.460. The maximum absolute atomic E-state index is 12.4. The van der Waals surface area contributed by atoms with Gasteiger partial charge in [0.1, 0.15) is 18.3 Å². The third-order valence-electron chi connectivity index (χ3n) is 4.35. The maximum atomic E-state index is 12.4. The molecule has 8 heteroatoms. The van der Waals surface area contributed by atoms with E-state index in [2.05, 4.69) is 5.32 Å². The van der Waals surface area contributed by atoms with E-state index >= 15 is 0 Å². The van der Waals surface area contributed by atoms with Crippen LogP contribution in [0, 0.1) is 0 Å². The zero-order valence-corrected chi connectivity index (χ0v) is 18.2. The number of ether oxygens (including phenoxy) is 3. The summed E-state index contributed by atoms with van der Waals surface area (Å²) < 4.78 is 16.1. The Kier molecular flexibility index (Phi) is 8.65. The first kappa shape index (κ1) is 23.7. The molecular weight excluding hydrogens is 388 g/mol. The molecule has 1 aliphatic rings. The van der Waals surface area contributed by atoms with Crippen molar-refractivity contribution in [1.29, 1.82) is 0 Å². The van der Waals surface area contributed by atoms with Gasteiger partial charge in [-0.2, -0.15) is 0 Å². The van der Waals surface area contributed by atoms with Crippen LogP contribution in [0.5, 0.6) is 0 Å². The van der Waals surface area contributed by atoms with E-state index in [1.807, 2.05) is 27.7 Å². The van der Waals surface area contributed by atoms with Crippen LogP contribution in [-0.4, -0.2) is 60.9 Å². The summed E-state index contributed by atoms with van der Waals surface area (Å²) >= 11 is 0. The summed E-state index contributed by atoms with van der Waals surface area (Å²) in [7, 11) is 0. The minimum Gasteiger partial charge on any atom is -0.459 e. The standard InChI is InChI=1S/C22H32N2O6/c1-5-14-28-15-19(25)23-17-8-6-16(7-9-17)20(26)29-18-10-12-24(13-11-18)21(27)30-22(2,3)4/h6-9,18H,5,10-15H2,1-4H3,(H,23,25).